The Kier molecular flexibility index (Phi) is 14.4. The predicted molar refractivity (Wildman–Crippen MR) is 217 cm³/mol. The quantitative estimate of drug-likeness (QED) is 0.0986. The van der Waals surface area contributed by atoms with Gasteiger partial charge in [0.1, 0.15) is 30.0 Å². The highest BCUT2D eigenvalue weighted by atomic mass is 32.2. The fraction of sp³-hybridized carbons (Fsp3) is 0.442. The molecular formula is C43H46F3N5O9S. The minimum Gasteiger partial charge on any atom is -0.490 e. The SMILES string of the molecule is O=C=C(CCOCCOCCOCCOc1cccc2c1C(=O)N(C1CCC(=O)NC1=O)C2=O)N1CCN(CCCN2c3ccccc3Sc3ccc(C(F)(F)F)cc32)CC1. The van der Waals surface area contributed by atoms with Gasteiger partial charge in [-0.3, -0.25) is 34.3 Å². The summed E-state index contributed by atoms with van der Waals surface area (Å²) in [6.45, 7) is 6.00. The maximum Gasteiger partial charge on any atom is 0.416 e. The largest absolute Gasteiger partial charge is 0.490 e. The molecule has 1 unspecified atom stereocenters. The van der Waals surface area contributed by atoms with Crippen LogP contribution in [-0.2, 0) is 34.8 Å². The van der Waals surface area contributed by atoms with Crippen LogP contribution >= 0.6 is 11.8 Å². The molecule has 3 aromatic carbocycles. The molecule has 0 radical (unpaired) electrons. The van der Waals surface area contributed by atoms with E-state index in [-0.39, 0.29) is 49.5 Å². The van der Waals surface area contributed by atoms with Crippen LogP contribution in [0.4, 0.5) is 24.5 Å². The molecule has 14 nitrogen and oxygen atoms in total. The Balaban J connectivity index is 0.738. The number of ether oxygens (including phenoxy) is 4. The Bertz CT molecular complexity index is 2160. The molecule has 4 aliphatic rings. The van der Waals surface area contributed by atoms with Gasteiger partial charge in [0.25, 0.3) is 11.8 Å². The van der Waals surface area contributed by atoms with E-state index in [1.54, 1.807) is 18.2 Å². The summed E-state index contributed by atoms with van der Waals surface area (Å²) < 4.78 is 63.4. The lowest BCUT2D eigenvalue weighted by molar-refractivity contribution is -0.138. The Morgan fingerprint density at radius 3 is 2.21 bits per heavy atom. The first-order valence-electron chi connectivity index (χ1n) is 20.2. The number of halogens is 3. The zero-order valence-electron chi connectivity index (χ0n) is 33.4. The summed E-state index contributed by atoms with van der Waals surface area (Å²) in [4.78, 5) is 70.9. The van der Waals surface area contributed by atoms with Gasteiger partial charge in [-0.05, 0) is 61.9 Å². The van der Waals surface area contributed by atoms with Crippen molar-refractivity contribution in [2.75, 3.05) is 90.4 Å². The second-order valence-corrected chi connectivity index (χ2v) is 15.8. The third-order valence-electron chi connectivity index (χ3n) is 10.8. The first kappa shape index (κ1) is 43.8. The van der Waals surface area contributed by atoms with Gasteiger partial charge in [-0.1, -0.05) is 30.0 Å². The van der Waals surface area contributed by atoms with E-state index in [9.17, 15) is 37.1 Å². The third-order valence-corrected chi connectivity index (χ3v) is 12.0. The molecule has 1 N–H and O–H groups in total. The van der Waals surface area contributed by atoms with Crippen LogP contribution in [0.1, 0.15) is 52.0 Å². The zero-order chi connectivity index (χ0) is 42.9. The number of alkyl halides is 3. The first-order valence-corrected chi connectivity index (χ1v) is 21.0. The van der Waals surface area contributed by atoms with Gasteiger partial charge < -0.3 is 28.7 Å². The normalized spacial score (nSPS) is 17.8. The number of para-hydroxylation sites is 1. The van der Waals surface area contributed by atoms with Crippen LogP contribution in [-0.4, -0.2) is 136 Å². The summed E-state index contributed by atoms with van der Waals surface area (Å²) in [6.07, 6.45) is -3.16. The molecule has 324 valence electrons. The molecular weight excluding hydrogens is 820 g/mol. The number of piperazine rings is 1. The molecule has 4 amide bonds. The van der Waals surface area contributed by atoms with Crippen molar-refractivity contribution in [3.63, 3.8) is 0 Å². The molecule has 3 aromatic rings. The zero-order valence-corrected chi connectivity index (χ0v) is 34.2. The third kappa shape index (κ3) is 10.5. The highest BCUT2D eigenvalue weighted by Gasteiger charge is 2.46. The summed E-state index contributed by atoms with van der Waals surface area (Å²) >= 11 is 1.48. The van der Waals surface area contributed by atoms with E-state index in [1.807, 2.05) is 34.1 Å². The summed E-state index contributed by atoms with van der Waals surface area (Å²) in [6, 6.07) is 15.3. The average Bonchev–Trinajstić information content (AvgIpc) is 3.51. The second-order valence-electron chi connectivity index (χ2n) is 14.7. The first-order chi connectivity index (χ1) is 29.5. The maximum atomic E-state index is 13.6. The lowest BCUT2D eigenvalue weighted by atomic mass is 10.0. The number of benzene rings is 3. The van der Waals surface area contributed by atoms with Crippen molar-refractivity contribution in [1.82, 2.24) is 20.0 Å². The number of imide groups is 2. The van der Waals surface area contributed by atoms with Crippen molar-refractivity contribution in [1.29, 1.82) is 0 Å². The van der Waals surface area contributed by atoms with E-state index in [2.05, 4.69) is 16.2 Å². The van der Waals surface area contributed by atoms with Crippen LogP contribution in [0.2, 0.25) is 0 Å². The van der Waals surface area contributed by atoms with Crippen molar-refractivity contribution >= 4 is 52.7 Å². The van der Waals surface area contributed by atoms with Crippen molar-refractivity contribution < 1.29 is 56.1 Å². The molecule has 2 saturated heterocycles. The number of hydrogen-bond acceptors (Lipinski definition) is 13. The summed E-state index contributed by atoms with van der Waals surface area (Å²) in [5.74, 6) is -0.101. The minimum atomic E-state index is -4.42. The molecule has 0 bridgehead atoms. The van der Waals surface area contributed by atoms with Gasteiger partial charge >= 0.3 is 6.18 Å². The highest BCUT2D eigenvalue weighted by molar-refractivity contribution is 7.99. The number of carbonyl (C=O) groups excluding carboxylic acids is 5. The van der Waals surface area contributed by atoms with Gasteiger partial charge in [-0.2, -0.15) is 13.2 Å². The van der Waals surface area contributed by atoms with Gasteiger partial charge in [-0.15, -0.1) is 0 Å². The molecule has 4 aliphatic heterocycles. The van der Waals surface area contributed by atoms with E-state index in [0.717, 1.165) is 52.5 Å². The predicted octanol–water partition coefficient (Wildman–Crippen LogP) is 4.95. The van der Waals surface area contributed by atoms with Crippen LogP contribution in [0.5, 0.6) is 5.75 Å². The molecule has 2 fully saturated rings. The Morgan fingerprint density at radius 1 is 0.787 bits per heavy atom. The smallest absolute Gasteiger partial charge is 0.416 e. The van der Waals surface area contributed by atoms with Crippen molar-refractivity contribution in [3.8, 4) is 5.75 Å². The Labute approximate surface area is 354 Å². The van der Waals surface area contributed by atoms with Crippen LogP contribution in [0.15, 0.2) is 76.2 Å². The molecule has 0 spiro atoms. The van der Waals surface area contributed by atoms with E-state index in [4.69, 9.17) is 18.9 Å². The maximum absolute atomic E-state index is 13.6. The Hall–Kier alpha value is -5.23. The number of piperidine rings is 1. The number of nitrogens with one attached hydrogen (secondary N) is 1. The van der Waals surface area contributed by atoms with Crippen LogP contribution < -0.4 is 15.0 Å². The lowest BCUT2D eigenvalue weighted by Gasteiger charge is -2.37. The van der Waals surface area contributed by atoms with E-state index >= 15 is 0 Å². The summed E-state index contributed by atoms with van der Waals surface area (Å²) in [5, 5.41) is 2.18. The number of rotatable bonds is 19. The lowest BCUT2D eigenvalue weighted by Crippen LogP contribution is -2.54. The van der Waals surface area contributed by atoms with Crippen LogP contribution in [0.3, 0.4) is 0 Å². The van der Waals surface area contributed by atoms with Gasteiger partial charge in [0.15, 0.2) is 0 Å². The standard InChI is InChI=1S/C43H46F3N5O9S/c44-43(45,46)29-9-11-37-34(27-29)50(32-6-1-2-8-36(32)61-37)15-4-14-48-16-18-49(19-17-48)30(28-52)13-20-57-21-22-58-23-24-59-25-26-60-35-7-3-5-31-39(35)42(56)51(41(31)55)33-10-12-38(53)47-40(33)54/h1-3,5-9,11,27,33H,4,10,12-26H2,(H,47,53,54). The van der Waals surface area contributed by atoms with E-state index < -0.39 is 41.4 Å². The van der Waals surface area contributed by atoms with Crippen LogP contribution in [0.25, 0.3) is 0 Å². The van der Waals surface area contributed by atoms with Gasteiger partial charge in [-0.25, -0.2) is 4.79 Å². The number of nitrogens with zero attached hydrogens (tertiary/aromatic N) is 4. The second kappa shape index (κ2) is 20.1. The monoisotopic (exact) mass is 865 g/mol. The van der Waals surface area contributed by atoms with Crippen LogP contribution in [0, 0.1) is 0 Å². The van der Waals surface area contributed by atoms with E-state index in [0.29, 0.717) is 63.9 Å². The van der Waals surface area contributed by atoms with Gasteiger partial charge in [0.05, 0.1) is 67.7 Å². The molecule has 61 heavy (non-hydrogen) atoms. The number of fused-ring (bicyclic) bond motifs is 3. The topological polar surface area (TPSA) is 147 Å². The summed E-state index contributed by atoms with van der Waals surface area (Å²) in [7, 11) is 0. The number of anilines is 2. The van der Waals surface area contributed by atoms with Crippen molar-refractivity contribution in [2.45, 2.75) is 47.7 Å². The molecule has 4 heterocycles. The highest BCUT2D eigenvalue weighted by Crippen LogP contribution is 2.49. The van der Waals surface area contributed by atoms with Gasteiger partial charge in [0, 0.05) is 55.4 Å². The molecule has 0 aliphatic carbocycles. The molecule has 0 saturated carbocycles. The van der Waals surface area contributed by atoms with Gasteiger partial charge in [0.2, 0.25) is 11.8 Å². The minimum absolute atomic E-state index is 0.0314. The molecule has 0 aromatic heterocycles. The Morgan fingerprint density at radius 2 is 1.49 bits per heavy atom. The number of hydrogen-bond donors (Lipinski definition) is 1. The molecule has 1 atom stereocenters. The average molecular weight is 866 g/mol. The molecule has 18 heteroatoms. The summed E-state index contributed by atoms with van der Waals surface area (Å²) in [5.41, 5.74) is 1.59. The molecule has 7 rings (SSSR count). The van der Waals surface area contributed by atoms with Crippen molar-refractivity contribution in [3.05, 3.63) is 83.1 Å². The number of carbonyl (C=O) groups is 4. The number of amides is 4. The van der Waals surface area contributed by atoms with E-state index in [1.165, 1.54) is 23.9 Å². The fourth-order valence-corrected chi connectivity index (χ4v) is 8.82. The van der Waals surface area contributed by atoms with Crippen molar-refractivity contribution in [2.24, 2.45) is 0 Å². The fourth-order valence-electron chi connectivity index (χ4n) is 7.74.